The molecule has 20 heteroatoms. The Morgan fingerprint density at radius 2 is 0.935 bits per heavy atom. The molecule has 0 saturated carbocycles. The molecule has 6 heterocycles. The second-order valence-electron chi connectivity index (χ2n) is 12.6. The monoisotopic (exact) mass is 866 g/mol. The molecule has 0 bridgehead atoms. The highest BCUT2D eigenvalue weighted by Gasteiger charge is 2.39. The molecule has 0 atom stereocenters. The highest BCUT2D eigenvalue weighted by Crippen LogP contribution is 2.40. The maximum Gasteiger partial charge on any atom is 0.490 e. The van der Waals surface area contributed by atoms with Gasteiger partial charge >= 0.3 is 24.3 Å². The van der Waals surface area contributed by atoms with E-state index in [1.54, 1.807) is 53.2 Å². The van der Waals surface area contributed by atoms with Crippen molar-refractivity contribution in [2.24, 2.45) is 0 Å². The maximum absolute atomic E-state index is 10.6. The fourth-order valence-electron chi connectivity index (χ4n) is 6.09. The number of hydrogen-bond donors (Lipinski definition) is 4. The van der Waals surface area contributed by atoms with E-state index in [2.05, 4.69) is 45.2 Å². The Hall–Kier alpha value is -7.90. The first-order valence-corrected chi connectivity index (χ1v) is 17.7. The molecule has 0 amide bonds. The van der Waals surface area contributed by atoms with E-state index in [1.165, 1.54) is 0 Å². The minimum Gasteiger partial charge on any atom is -0.493 e. The highest BCUT2D eigenvalue weighted by atomic mass is 19.4. The number of nitrogens with zero attached hydrogens (tertiary/aromatic N) is 4. The third kappa shape index (κ3) is 9.75. The molecule has 324 valence electrons. The third-order valence-corrected chi connectivity index (χ3v) is 8.92. The number of aromatic amines is 2. The molecule has 0 spiro atoms. The molecule has 8 aromatic rings. The van der Waals surface area contributed by atoms with E-state index < -0.39 is 24.3 Å². The SMILES string of the molecule is C=Cn1cc(-c2cc3cccnc3[nH]2)c2cc(OC)c(OC)cc21.C=Cn1cc(-c2cc3cccnc3[nH]2)c2cc(OC)c(OC)cc21.O=C(O)C(F)(F)F.O=C(O)C(F)(F)F. The largest absolute Gasteiger partial charge is 0.493 e. The van der Waals surface area contributed by atoms with Gasteiger partial charge in [0.2, 0.25) is 0 Å². The molecule has 0 radical (unpaired) electrons. The molecule has 0 aliphatic heterocycles. The van der Waals surface area contributed by atoms with E-state index in [9.17, 15) is 26.3 Å². The number of pyridine rings is 2. The first-order chi connectivity index (χ1) is 29.4. The fourth-order valence-corrected chi connectivity index (χ4v) is 6.09. The van der Waals surface area contributed by atoms with Crippen LogP contribution in [0.3, 0.4) is 0 Å². The second-order valence-corrected chi connectivity index (χ2v) is 12.6. The average molecular weight is 867 g/mol. The van der Waals surface area contributed by atoms with E-state index in [1.807, 2.05) is 70.1 Å². The van der Waals surface area contributed by atoms with Gasteiger partial charge in [-0.05, 0) is 48.5 Å². The number of aliphatic carboxylic acids is 2. The Morgan fingerprint density at radius 1 is 0.613 bits per heavy atom. The van der Waals surface area contributed by atoms with Crippen LogP contribution in [0.1, 0.15) is 0 Å². The molecular weight excluding hydrogens is 830 g/mol. The van der Waals surface area contributed by atoms with Crippen molar-refractivity contribution in [3.05, 3.63) is 98.6 Å². The quantitative estimate of drug-likeness (QED) is 0.107. The number of nitrogens with one attached hydrogen (secondary N) is 2. The Morgan fingerprint density at radius 3 is 1.21 bits per heavy atom. The van der Waals surface area contributed by atoms with Crippen LogP contribution >= 0.6 is 0 Å². The van der Waals surface area contributed by atoms with Crippen molar-refractivity contribution in [2.75, 3.05) is 28.4 Å². The zero-order chi connectivity index (χ0) is 45.5. The summed E-state index contributed by atoms with van der Waals surface area (Å²) in [6.07, 6.45) is 1.03. The summed E-state index contributed by atoms with van der Waals surface area (Å²) in [7, 11) is 6.55. The van der Waals surface area contributed by atoms with Gasteiger partial charge in [-0.1, -0.05) is 13.2 Å². The number of benzene rings is 2. The Labute approximate surface area is 346 Å². The summed E-state index contributed by atoms with van der Waals surface area (Å²) in [6, 6.07) is 20.0. The molecule has 14 nitrogen and oxygen atoms in total. The van der Waals surface area contributed by atoms with Gasteiger partial charge in [0, 0.05) is 93.4 Å². The number of rotatable bonds is 8. The number of carboxylic acid groups (broad SMARTS) is 2. The van der Waals surface area contributed by atoms with Gasteiger partial charge in [0.25, 0.3) is 0 Å². The van der Waals surface area contributed by atoms with Crippen LogP contribution in [0.4, 0.5) is 26.3 Å². The van der Waals surface area contributed by atoms with Gasteiger partial charge in [0.15, 0.2) is 23.0 Å². The number of methoxy groups -OCH3 is 4. The minimum absolute atomic E-state index is 0.691. The Kier molecular flexibility index (Phi) is 13.5. The van der Waals surface area contributed by atoms with Crippen LogP contribution in [0.15, 0.2) is 98.6 Å². The molecule has 0 aliphatic carbocycles. The summed E-state index contributed by atoms with van der Waals surface area (Å²) in [4.78, 5) is 33.3. The number of fused-ring (bicyclic) bond motifs is 4. The molecule has 4 N–H and O–H groups in total. The number of aromatic nitrogens is 6. The lowest BCUT2D eigenvalue weighted by Gasteiger charge is -2.08. The average Bonchev–Trinajstić information content (AvgIpc) is 4.04. The summed E-state index contributed by atoms with van der Waals surface area (Å²) in [5.41, 5.74) is 7.87. The predicted molar refractivity (Wildman–Crippen MR) is 220 cm³/mol. The number of alkyl halides is 6. The maximum atomic E-state index is 10.6. The van der Waals surface area contributed by atoms with Gasteiger partial charge in [0.1, 0.15) is 11.3 Å². The molecule has 62 heavy (non-hydrogen) atoms. The number of carbonyl (C=O) groups is 2. The van der Waals surface area contributed by atoms with Crippen LogP contribution < -0.4 is 18.9 Å². The van der Waals surface area contributed by atoms with Crippen molar-refractivity contribution in [3.8, 4) is 45.5 Å². The number of H-pyrrole nitrogens is 2. The van der Waals surface area contributed by atoms with Gasteiger partial charge in [-0.25, -0.2) is 19.6 Å². The van der Waals surface area contributed by atoms with Crippen molar-refractivity contribution in [1.82, 2.24) is 29.1 Å². The minimum atomic E-state index is -5.08. The zero-order valence-electron chi connectivity index (χ0n) is 33.1. The van der Waals surface area contributed by atoms with Crippen LogP contribution in [0.2, 0.25) is 0 Å². The van der Waals surface area contributed by atoms with Crippen LogP contribution in [0, 0.1) is 0 Å². The normalized spacial score (nSPS) is 11.1. The van der Waals surface area contributed by atoms with Crippen LogP contribution in [0.5, 0.6) is 23.0 Å². The number of carboxylic acids is 2. The fraction of sp³-hybridized carbons (Fsp3) is 0.143. The van der Waals surface area contributed by atoms with E-state index in [-0.39, 0.29) is 0 Å². The molecule has 6 aromatic heterocycles. The van der Waals surface area contributed by atoms with E-state index >= 15 is 0 Å². The molecule has 8 rings (SSSR count). The topological polar surface area (TPSA) is 179 Å². The molecule has 0 fully saturated rings. The van der Waals surface area contributed by atoms with Gasteiger partial charge in [-0.2, -0.15) is 26.3 Å². The van der Waals surface area contributed by atoms with Crippen molar-refractivity contribution in [1.29, 1.82) is 0 Å². The lowest BCUT2D eigenvalue weighted by molar-refractivity contribution is -0.193. The lowest BCUT2D eigenvalue weighted by atomic mass is 10.1. The third-order valence-electron chi connectivity index (χ3n) is 8.92. The molecule has 0 aliphatic rings. The Bertz CT molecular complexity index is 2650. The van der Waals surface area contributed by atoms with E-state index in [0.29, 0.717) is 23.0 Å². The van der Waals surface area contributed by atoms with Crippen molar-refractivity contribution >= 4 is 68.2 Å². The molecule has 0 unspecified atom stereocenters. The zero-order valence-corrected chi connectivity index (χ0v) is 33.1. The first kappa shape index (κ1) is 45.2. The number of hydrogen-bond acceptors (Lipinski definition) is 8. The summed E-state index contributed by atoms with van der Waals surface area (Å²) >= 11 is 0. The summed E-state index contributed by atoms with van der Waals surface area (Å²) in [5.74, 6) is -2.74. The number of ether oxygens (including phenoxy) is 4. The summed E-state index contributed by atoms with van der Waals surface area (Å²) < 4.78 is 89.2. The second kappa shape index (κ2) is 18.6. The van der Waals surface area contributed by atoms with Crippen LogP contribution in [-0.2, 0) is 9.59 Å². The summed E-state index contributed by atoms with van der Waals surface area (Å²) in [5, 5.41) is 18.5. The van der Waals surface area contributed by atoms with E-state index in [4.69, 9.17) is 38.7 Å². The van der Waals surface area contributed by atoms with Crippen molar-refractivity contribution in [2.45, 2.75) is 12.4 Å². The van der Waals surface area contributed by atoms with Gasteiger partial charge in [-0.3, -0.25) is 0 Å². The summed E-state index contributed by atoms with van der Waals surface area (Å²) in [6.45, 7) is 7.79. The van der Waals surface area contributed by atoms with Crippen molar-refractivity contribution < 1.29 is 65.1 Å². The smallest absolute Gasteiger partial charge is 0.490 e. The predicted octanol–water partition coefficient (Wildman–Crippen LogP) is 9.87. The molecule has 0 saturated heterocycles. The van der Waals surface area contributed by atoms with Gasteiger partial charge in [-0.15, -0.1) is 0 Å². The lowest BCUT2D eigenvalue weighted by Crippen LogP contribution is -2.21. The molecule has 2 aromatic carbocycles. The Balaban J connectivity index is 0.000000180. The van der Waals surface area contributed by atoms with Crippen molar-refractivity contribution in [3.63, 3.8) is 0 Å². The van der Waals surface area contributed by atoms with Gasteiger partial charge in [0.05, 0.1) is 39.5 Å². The van der Waals surface area contributed by atoms with Crippen LogP contribution in [0.25, 0.3) is 78.8 Å². The van der Waals surface area contributed by atoms with E-state index in [0.717, 1.165) is 66.4 Å². The van der Waals surface area contributed by atoms with Crippen LogP contribution in [-0.4, -0.2) is 92.0 Å². The standard InChI is InChI=1S/2C19H17N3O2.2C2HF3O2/c2*1-4-22-11-14(15-8-12-6-5-7-20-19(12)21-15)13-9-17(23-2)18(24-3)10-16(13)22;2*3-2(4,5)1(6)7/h2*4-11H,1H2,2-3H3,(H,20,21);2*(H,6,7). The number of halogens is 6. The van der Waals surface area contributed by atoms with Gasteiger partial charge < -0.3 is 48.3 Å². The first-order valence-electron chi connectivity index (χ1n) is 17.7. The highest BCUT2D eigenvalue weighted by molar-refractivity contribution is 6.01. The molecular formula is C42H36F6N6O8.